The lowest BCUT2D eigenvalue weighted by Crippen LogP contribution is -2.10. The van der Waals surface area contributed by atoms with Crippen molar-refractivity contribution in [2.75, 3.05) is 4.90 Å². The molecule has 11 rings (SSSR count). The fraction of sp³-hybridized carbons (Fsp3) is 0. The van der Waals surface area contributed by atoms with Crippen molar-refractivity contribution in [3.05, 3.63) is 182 Å². The van der Waals surface area contributed by atoms with Gasteiger partial charge in [-0.3, -0.25) is 0 Å². The summed E-state index contributed by atoms with van der Waals surface area (Å²) in [6.07, 6.45) is 0. The molecule has 0 bridgehead atoms. The van der Waals surface area contributed by atoms with Crippen molar-refractivity contribution in [2.24, 2.45) is 0 Å². The second kappa shape index (κ2) is 10.4. The van der Waals surface area contributed by atoms with E-state index in [2.05, 4.69) is 191 Å². The third kappa shape index (κ3) is 3.90. The molecule has 11 aromatic rings. The number of aromatic nitrogens is 1. The Bertz CT molecular complexity index is 3020. The molecule has 0 unspecified atom stereocenters. The first kappa shape index (κ1) is 27.3. The zero-order valence-electron chi connectivity index (χ0n) is 27.2. The third-order valence-corrected chi connectivity index (χ3v) is 10.6. The normalized spacial score (nSPS) is 12.0. The molecule has 50 heavy (non-hydrogen) atoms. The molecule has 0 aliphatic carbocycles. The van der Waals surface area contributed by atoms with Crippen molar-refractivity contribution < 1.29 is 0 Å². The van der Waals surface area contributed by atoms with Crippen molar-refractivity contribution >= 4 is 82.0 Å². The molecule has 0 radical (unpaired) electrons. The standard InChI is InChI=1S/C48H30N2/c1-2-12-37(13-3-1)49(38-26-23-32(24-27-38)36-22-19-31-9-4-5-10-35(31)29-36)39-14-7-15-40(30-39)50-43-18-8-17-42-41-16-6-11-33-20-21-34-25-28-44(50)48(47(42)43)46(34)45(33)41/h1-30H. The lowest BCUT2D eigenvalue weighted by atomic mass is 9.89. The molecule has 0 aliphatic rings. The van der Waals surface area contributed by atoms with Crippen molar-refractivity contribution in [1.82, 2.24) is 4.57 Å². The maximum atomic E-state index is 2.47. The van der Waals surface area contributed by atoms with Crippen LogP contribution in [0.1, 0.15) is 0 Å². The summed E-state index contributed by atoms with van der Waals surface area (Å²) in [5, 5.41) is 13.2. The van der Waals surface area contributed by atoms with Crippen molar-refractivity contribution in [2.45, 2.75) is 0 Å². The number of anilines is 3. The van der Waals surface area contributed by atoms with Gasteiger partial charge in [-0.15, -0.1) is 0 Å². The summed E-state index contributed by atoms with van der Waals surface area (Å²) in [4.78, 5) is 2.36. The molecule has 0 spiro atoms. The first-order valence-corrected chi connectivity index (χ1v) is 17.3. The van der Waals surface area contributed by atoms with E-state index < -0.39 is 0 Å². The number of hydrogen-bond donors (Lipinski definition) is 0. The highest BCUT2D eigenvalue weighted by atomic mass is 15.1. The number of fused-ring (bicyclic) bond motifs is 2. The van der Waals surface area contributed by atoms with Crippen molar-refractivity contribution in [1.29, 1.82) is 0 Å². The highest BCUT2D eigenvalue weighted by molar-refractivity contribution is 6.40. The van der Waals surface area contributed by atoms with E-state index >= 15 is 0 Å². The van der Waals surface area contributed by atoms with E-state index in [0.29, 0.717) is 0 Å². The van der Waals surface area contributed by atoms with Gasteiger partial charge in [0.1, 0.15) is 0 Å². The fourth-order valence-electron chi connectivity index (χ4n) is 8.44. The van der Waals surface area contributed by atoms with Gasteiger partial charge in [0.05, 0.1) is 11.0 Å². The molecular weight excluding hydrogens is 605 g/mol. The highest BCUT2D eigenvalue weighted by Crippen LogP contribution is 2.47. The Morgan fingerprint density at radius 1 is 0.320 bits per heavy atom. The molecule has 0 saturated carbocycles. The summed E-state index contributed by atoms with van der Waals surface area (Å²) in [5.74, 6) is 0. The topological polar surface area (TPSA) is 8.17 Å². The SMILES string of the molecule is c1ccc(N(c2ccc(-c3ccc4ccccc4c3)cc2)c2cccc(-n3c4cccc5c6cccc7ccc8ccc3c(c8c76)c54)c2)cc1. The van der Waals surface area contributed by atoms with E-state index in [-0.39, 0.29) is 0 Å². The van der Waals surface area contributed by atoms with Gasteiger partial charge >= 0.3 is 0 Å². The van der Waals surface area contributed by atoms with Crippen LogP contribution in [-0.4, -0.2) is 4.57 Å². The zero-order valence-corrected chi connectivity index (χ0v) is 27.2. The smallest absolute Gasteiger partial charge is 0.0548 e. The Balaban J connectivity index is 1.09. The van der Waals surface area contributed by atoms with Gasteiger partial charge in [0.15, 0.2) is 0 Å². The van der Waals surface area contributed by atoms with Gasteiger partial charge < -0.3 is 9.47 Å². The van der Waals surface area contributed by atoms with Gasteiger partial charge in [-0.25, -0.2) is 0 Å². The minimum atomic E-state index is 1.11. The van der Waals surface area contributed by atoms with Gasteiger partial charge in [0, 0.05) is 38.9 Å². The van der Waals surface area contributed by atoms with Crippen molar-refractivity contribution in [3.8, 4) is 16.8 Å². The van der Waals surface area contributed by atoms with Crippen LogP contribution in [0.3, 0.4) is 0 Å². The first-order chi connectivity index (χ1) is 24.8. The monoisotopic (exact) mass is 634 g/mol. The van der Waals surface area contributed by atoms with E-state index in [1.165, 1.54) is 76.0 Å². The number of para-hydroxylation sites is 1. The predicted octanol–water partition coefficient (Wildman–Crippen LogP) is 13.4. The molecule has 0 fully saturated rings. The highest BCUT2D eigenvalue weighted by Gasteiger charge is 2.22. The van der Waals surface area contributed by atoms with Crippen LogP contribution in [0.15, 0.2) is 182 Å². The van der Waals surface area contributed by atoms with Gasteiger partial charge in [-0.1, -0.05) is 121 Å². The van der Waals surface area contributed by atoms with E-state index in [1.807, 2.05) is 0 Å². The van der Waals surface area contributed by atoms with Crippen LogP contribution >= 0.6 is 0 Å². The Kier molecular flexibility index (Phi) is 5.70. The maximum absolute atomic E-state index is 2.47. The number of nitrogens with zero attached hydrogens (tertiary/aromatic N) is 2. The van der Waals surface area contributed by atoms with Crippen LogP contribution in [0.25, 0.3) is 81.7 Å². The second-order valence-corrected chi connectivity index (χ2v) is 13.4. The van der Waals surface area contributed by atoms with E-state index in [1.54, 1.807) is 0 Å². The lowest BCUT2D eigenvalue weighted by Gasteiger charge is -2.26. The summed E-state index contributed by atoms with van der Waals surface area (Å²) in [7, 11) is 0. The molecule has 0 saturated heterocycles. The molecule has 10 aromatic carbocycles. The number of hydrogen-bond acceptors (Lipinski definition) is 1. The van der Waals surface area contributed by atoms with E-state index in [0.717, 1.165) is 22.7 Å². The van der Waals surface area contributed by atoms with Crippen molar-refractivity contribution in [3.63, 3.8) is 0 Å². The number of rotatable bonds is 5. The lowest BCUT2D eigenvalue weighted by molar-refractivity contribution is 1.17. The second-order valence-electron chi connectivity index (χ2n) is 13.4. The third-order valence-electron chi connectivity index (χ3n) is 10.6. The van der Waals surface area contributed by atoms with Crippen LogP contribution < -0.4 is 4.90 Å². The molecule has 0 amide bonds. The minimum Gasteiger partial charge on any atom is -0.310 e. The molecular formula is C48H30N2. The zero-order chi connectivity index (χ0) is 32.8. The van der Waals surface area contributed by atoms with Crippen LogP contribution in [0.4, 0.5) is 17.1 Å². The van der Waals surface area contributed by atoms with E-state index in [9.17, 15) is 0 Å². The largest absolute Gasteiger partial charge is 0.310 e. The van der Waals surface area contributed by atoms with Gasteiger partial charge in [0.25, 0.3) is 0 Å². The summed E-state index contributed by atoms with van der Waals surface area (Å²) >= 11 is 0. The van der Waals surface area contributed by atoms with Crippen LogP contribution in [0, 0.1) is 0 Å². The summed E-state index contributed by atoms with van der Waals surface area (Å²) in [6, 6.07) is 66.6. The Morgan fingerprint density at radius 3 is 1.78 bits per heavy atom. The molecule has 1 heterocycles. The van der Waals surface area contributed by atoms with Gasteiger partial charge in [-0.05, 0) is 109 Å². The van der Waals surface area contributed by atoms with Crippen LogP contribution in [0.2, 0.25) is 0 Å². The average molecular weight is 635 g/mol. The van der Waals surface area contributed by atoms with Gasteiger partial charge in [-0.2, -0.15) is 0 Å². The molecule has 2 heteroatoms. The molecule has 232 valence electrons. The van der Waals surface area contributed by atoms with Crippen LogP contribution in [0.5, 0.6) is 0 Å². The average Bonchev–Trinajstić information content (AvgIpc) is 3.53. The molecule has 0 atom stereocenters. The summed E-state index contributed by atoms with van der Waals surface area (Å²) in [6.45, 7) is 0. The Labute approximate surface area is 289 Å². The predicted molar refractivity (Wildman–Crippen MR) is 213 cm³/mol. The first-order valence-electron chi connectivity index (χ1n) is 17.3. The number of benzene rings is 10. The van der Waals surface area contributed by atoms with E-state index in [4.69, 9.17) is 0 Å². The maximum Gasteiger partial charge on any atom is 0.0548 e. The molecule has 1 aromatic heterocycles. The quantitative estimate of drug-likeness (QED) is 0.135. The van der Waals surface area contributed by atoms with Crippen LogP contribution in [-0.2, 0) is 0 Å². The summed E-state index contributed by atoms with van der Waals surface area (Å²) in [5.41, 5.74) is 9.39. The van der Waals surface area contributed by atoms with Gasteiger partial charge in [0.2, 0.25) is 0 Å². The summed E-state index contributed by atoms with van der Waals surface area (Å²) < 4.78 is 2.47. The molecule has 2 nitrogen and oxygen atoms in total. The fourth-order valence-corrected chi connectivity index (χ4v) is 8.44. The molecule has 0 aliphatic heterocycles. The molecule has 0 N–H and O–H groups in total. The minimum absolute atomic E-state index is 1.11. The Morgan fingerprint density at radius 2 is 0.920 bits per heavy atom. The Hall–Kier alpha value is -6.64.